The standard InChI is InChI=1S/C23H27F3N4O2/c1-29-19-18-16(4-2-5-17(18)31-11-9-23(29,26)22(25)7-8-22)27-20(28-19)32-14-21-6-3-10-30(21)13-15(24)12-21/h2,4-5,15H,3,6-14H2,1H3/t15-,21+,23?/m1/s1. The lowest BCUT2D eigenvalue weighted by atomic mass is 9.95. The van der Waals surface area contributed by atoms with Crippen molar-refractivity contribution in [1.82, 2.24) is 14.9 Å². The van der Waals surface area contributed by atoms with Crippen LogP contribution in [0, 0.1) is 0 Å². The average Bonchev–Trinajstić information content (AvgIpc) is 3.30. The molecule has 32 heavy (non-hydrogen) atoms. The van der Waals surface area contributed by atoms with Crippen molar-refractivity contribution in [3.05, 3.63) is 18.2 Å². The van der Waals surface area contributed by atoms with Gasteiger partial charge in [0.05, 0.1) is 23.0 Å². The summed E-state index contributed by atoms with van der Waals surface area (Å²) in [6.07, 6.45) is 1.69. The molecule has 3 fully saturated rings. The molecule has 6 rings (SSSR count). The van der Waals surface area contributed by atoms with Crippen LogP contribution >= 0.6 is 0 Å². The van der Waals surface area contributed by atoms with Crippen molar-refractivity contribution in [2.75, 3.05) is 38.3 Å². The minimum absolute atomic E-state index is 0.0616. The molecule has 6 nitrogen and oxygen atoms in total. The largest absolute Gasteiger partial charge is 0.493 e. The van der Waals surface area contributed by atoms with Crippen LogP contribution in [0.25, 0.3) is 10.9 Å². The smallest absolute Gasteiger partial charge is 0.319 e. The van der Waals surface area contributed by atoms with Gasteiger partial charge in [-0.1, -0.05) is 6.07 Å². The quantitative estimate of drug-likeness (QED) is 0.660. The summed E-state index contributed by atoms with van der Waals surface area (Å²) in [5.74, 6) is -1.44. The summed E-state index contributed by atoms with van der Waals surface area (Å²) < 4.78 is 57.2. The number of nitrogens with zero attached hydrogens (tertiary/aromatic N) is 4. The molecule has 4 heterocycles. The molecule has 0 radical (unpaired) electrons. The van der Waals surface area contributed by atoms with Crippen molar-refractivity contribution < 1.29 is 22.6 Å². The zero-order valence-electron chi connectivity index (χ0n) is 18.1. The number of hydrogen-bond acceptors (Lipinski definition) is 6. The highest BCUT2D eigenvalue weighted by Crippen LogP contribution is 2.55. The lowest BCUT2D eigenvalue weighted by Crippen LogP contribution is -2.53. The topological polar surface area (TPSA) is 50.7 Å². The predicted octanol–water partition coefficient (Wildman–Crippen LogP) is 3.97. The van der Waals surface area contributed by atoms with Crippen molar-refractivity contribution in [1.29, 1.82) is 0 Å². The molecular formula is C23H27F3N4O2. The zero-order chi connectivity index (χ0) is 22.1. The van der Waals surface area contributed by atoms with Gasteiger partial charge in [-0.25, -0.2) is 13.2 Å². The maximum Gasteiger partial charge on any atom is 0.319 e. The van der Waals surface area contributed by atoms with Gasteiger partial charge in [-0.3, -0.25) is 4.90 Å². The summed E-state index contributed by atoms with van der Waals surface area (Å²) in [7, 11) is 1.54. The van der Waals surface area contributed by atoms with Gasteiger partial charge in [0.2, 0.25) is 5.79 Å². The van der Waals surface area contributed by atoms with E-state index in [9.17, 15) is 4.39 Å². The highest BCUT2D eigenvalue weighted by atomic mass is 19.2. The minimum Gasteiger partial charge on any atom is -0.493 e. The fourth-order valence-electron chi connectivity index (χ4n) is 5.84. The first kappa shape index (κ1) is 20.3. The Labute approximate surface area is 184 Å². The van der Waals surface area contributed by atoms with Crippen LogP contribution in [-0.4, -0.2) is 71.4 Å². The first-order valence-corrected chi connectivity index (χ1v) is 11.4. The van der Waals surface area contributed by atoms with E-state index in [0.717, 1.165) is 19.4 Å². The minimum atomic E-state index is -2.23. The summed E-state index contributed by atoms with van der Waals surface area (Å²) in [5.41, 5.74) is -1.72. The van der Waals surface area contributed by atoms with Crippen LogP contribution in [0.2, 0.25) is 0 Å². The first-order valence-electron chi connectivity index (χ1n) is 11.4. The molecule has 1 saturated carbocycles. The van der Waals surface area contributed by atoms with Gasteiger partial charge < -0.3 is 14.4 Å². The molecule has 1 aromatic heterocycles. The number of rotatable bonds is 4. The normalized spacial score (nSPS) is 33.5. The number of hydrogen-bond donors (Lipinski definition) is 0. The molecule has 3 aliphatic heterocycles. The fourth-order valence-corrected chi connectivity index (χ4v) is 5.84. The molecule has 2 aromatic rings. The highest BCUT2D eigenvalue weighted by molar-refractivity contribution is 5.95. The summed E-state index contributed by atoms with van der Waals surface area (Å²) >= 11 is 0. The molecule has 2 saturated heterocycles. The number of fused-ring (bicyclic) bond motifs is 1. The van der Waals surface area contributed by atoms with Gasteiger partial charge in [0.15, 0.2) is 5.67 Å². The van der Waals surface area contributed by atoms with Crippen LogP contribution in [0.15, 0.2) is 18.2 Å². The van der Waals surface area contributed by atoms with Gasteiger partial charge >= 0.3 is 6.01 Å². The molecule has 1 aliphatic carbocycles. The Bertz CT molecular complexity index is 1070. The highest BCUT2D eigenvalue weighted by Gasteiger charge is 2.64. The number of benzene rings is 1. The Kier molecular flexibility index (Phi) is 4.35. The molecule has 0 spiro atoms. The van der Waals surface area contributed by atoms with Crippen molar-refractivity contribution in [2.45, 2.75) is 61.7 Å². The van der Waals surface area contributed by atoms with Crippen molar-refractivity contribution in [3.63, 3.8) is 0 Å². The van der Waals surface area contributed by atoms with E-state index in [1.807, 2.05) is 6.07 Å². The van der Waals surface area contributed by atoms with E-state index in [-0.39, 0.29) is 49.8 Å². The second-order valence-electron chi connectivity index (χ2n) is 9.73. The average molecular weight is 448 g/mol. The number of aromatic nitrogens is 2. The second kappa shape index (κ2) is 6.85. The van der Waals surface area contributed by atoms with E-state index in [4.69, 9.17) is 9.47 Å². The van der Waals surface area contributed by atoms with E-state index < -0.39 is 17.6 Å². The van der Waals surface area contributed by atoms with Gasteiger partial charge in [0.25, 0.3) is 0 Å². The zero-order valence-corrected chi connectivity index (χ0v) is 18.1. The van der Waals surface area contributed by atoms with E-state index in [1.54, 1.807) is 12.1 Å². The third kappa shape index (κ3) is 2.89. The molecule has 0 amide bonds. The second-order valence-corrected chi connectivity index (χ2v) is 9.73. The van der Waals surface area contributed by atoms with Gasteiger partial charge in [-0.2, -0.15) is 9.97 Å². The van der Waals surface area contributed by atoms with Crippen LogP contribution in [0.4, 0.5) is 19.0 Å². The Morgan fingerprint density at radius 2 is 2.03 bits per heavy atom. The Hall–Kier alpha value is -2.29. The molecule has 4 aliphatic rings. The molecule has 3 atom stereocenters. The van der Waals surface area contributed by atoms with Crippen LogP contribution in [0.1, 0.15) is 38.5 Å². The van der Waals surface area contributed by atoms with E-state index in [2.05, 4.69) is 14.9 Å². The van der Waals surface area contributed by atoms with Crippen molar-refractivity contribution >= 4 is 16.7 Å². The van der Waals surface area contributed by atoms with Crippen LogP contribution in [-0.2, 0) is 0 Å². The maximum absolute atomic E-state index is 16.1. The molecule has 172 valence electrons. The molecular weight excluding hydrogens is 421 g/mol. The predicted molar refractivity (Wildman–Crippen MR) is 114 cm³/mol. The van der Waals surface area contributed by atoms with E-state index in [0.29, 0.717) is 29.6 Å². The number of alkyl halides is 3. The SMILES string of the molecule is CN1c2nc(OC[C@@]34CCCN3C[C@H](F)C4)nc3cccc(c23)OCCC1(F)C1(F)CC1. The molecule has 9 heteroatoms. The molecule has 1 aromatic carbocycles. The van der Waals surface area contributed by atoms with Crippen molar-refractivity contribution in [2.24, 2.45) is 0 Å². The van der Waals surface area contributed by atoms with Gasteiger partial charge in [0.1, 0.15) is 24.3 Å². The lowest BCUT2D eigenvalue weighted by Gasteiger charge is -2.40. The third-order valence-corrected chi connectivity index (χ3v) is 7.79. The number of ether oxygens (including phenoxy) is 2. The monoisotopic (exact) mass is 448 g/mol. The molecule has 0 N–H and O–H groups in total. The number of halogens is 3. The van der Waals surface area contributed by atoms with E-state index >= 15 is 8.78 Å². The Morgan fingerprint density at radius 3 is 2.84 bits per heavy atom. The summed E-state index contributed by atoms with van der Waals surface area (Å²) in [6, 6.07) is 5.46. The fraction of sp³-hybridized carbons (Fsp3) is 0.652. The van der Waals surface area contributed by atoms with E-state index in [1.165, 1.54) is 11.9 Å². The van der Waals surface area contributed by atoms with Crippen molar-refractivity contribution in [3.8, 4) is 11.8 Å². The van der Waals surface area contributed by atoms with Crippen LogP contribution < -0.4 is 14.4 Å². The summed E-state index contributed by atoms with van der Waals surface area (Å²) in [5, 5.41) is 0.540. The van der Waals surface area contributed by atoms with Gasteiger partial charge in [-0.15, -0.1) is 0 Å². The first-order chi connectivity index (χ1) is 15.3. The summed E-state index contributed by atoms with van der Waals surface area (Å²) in [6.45, 7) is 1.62. The molecule has 1 unspecified atom stereocenters. The molecule has 0 bridgehead atoms. The van der Waals surface area contributed by atoms with Gasteiger partial charge in [0, 0.05) is 26.4 Å². The van der Waals surface area contributed by atoms with Crippen LogP contribution in [0.5, 0.6) is 11.8 Å². The lowest BCUT2D eigenvalue weighted by molar-refractivity contribution is 0.0112. The number of anilines is 1. The summed E-state index contributed by atoms with van der Waals surface area (Å²) in [4.78, 5) is 12.5. The Morgan fingerprint density at radius 1 is 1.19 bits per heavy atom. The maximum atomic E-state index is 16.1. The van der Waals surface area contributed by atoms with Crippen LogP contribution in [0.3, 0.4) is 0 Å². The van der Waals surface area contributed by atoms with Gasteiger partial charge in [-0.05, 0) is 44.4 Å². The third-order valence-electron chi connectivity index (χ3n) is 7.79. The Balaban J connectivity index is 1.39.